The Bertz CT molecular complexity index is 1120. The molecule has 4 heterocycles. The van der Waals surface area contributed by atoms with Gasteiger partial charge in [0.2, 0.25) is 5.91 Å². The minimum absolute atomic E-state index is 0.102. The maximum absolute atomic E-state index is 13.6. The van der Waals surface area contributed by atoms with Gasteiger partial charge < -0.3 is 15.6 Å². The maximum Gasteiger partial charge on any atom is 0.337 e. The number of para-hydroxylation sites is 2. The highest BCUT2D eigenvalue weighted by Crippen LogP contribution is 2.41. The van der Waals surface area contributed by atoms with Gasteiger partial charge in [0.15, 0.2) is 17.9 Å². The van der Waals surface area contributed by atoms with Gasteiger partial charge in [0.1, 0.15) is 6.04 Å². The molecule has 2 aromatic heterocycles. The summed E-state index contributed by atoms with van der Waals surface area (Å²) in [5.41, 5.74) is 2.93. The second-order valence-corrected chi connectivity index (χ2v) is 8.07. The summed E-state index contributed by atoms with van der Waals surface area (Å²) in [5, 5.41) is 5.88. The van der Waals surface area contributed by atoms with Crippen molar-refractivity contribution in [2.75, 3.05) is 11.9 Å². The summed E-state index contributed by atoms with van der Waals surface area (Å²) in [5.74, 6) is 1.36. The molecule has 3 N–H and O–H groups in total. The van der Waals surface area contributed by atoms with Crippen LogP contribution in [0, 0.1) is 0 Å². The van der Waals surface area contributed by atoms with Gasteiger partial charge >= 0.3 is 5.91 Å². The molecule has 2 aliphatic rings. The van der Waals surface area contributed by atoms with Gasteiger partial charge in [-0.15, -0.1) is 0 Å². The topological polar surface area (TPSA) is 94.0 Å². The summed E-state index contributed by atoms with van der Waals surface area (Å²) < 4.78 is 2.09. The largest absolute Gasteiger partial charge is 0.338 e. The molecule has 154 valence electrons. The third-order valence-corrected chi connectivity index (χ3v) is 6.30. The first kappa shape index (κ1) is 18.7. The van der Waals surface area contributed by atoms with Crippen LogP contribution in [0.1, 0.15) is 37.3 Å². The quantitative estimate of drug-likeness (QED) is 0.568. The lowest BCUT2D eigenvalue weighted by atomic mass is 10.0. The predicted octanol–water partition coefficient (Wildman–Crippen LogP) is 1.15. The molecule has 0 aliphatic carbocycles. The summed E-state index contributed by atoms with van der Waals surface area (Å²) in [6, 6.07) is 10.5. The van der Waals surface area contributed by atoms with Crippen molar-refractivity contribution in [3.63, 3.8) is 0 Å². The lowest BCUT2D eigenvalue weighted by Crippen LogP contribution is -2.65. The average molecular weight is 405 g/mol. The van der Waals surface area contributed by atoms with E-state index in [4.69, 9.17) is 4.98 Å². The number of aromatic nitrogens is 3. The highest BCUT2D eigenvalue weighted by Gasteiger charge is 2.54. The fraction of sp³-hybridized carbons (Fsp3) is 0.364. The van der Waals surface area contributed by atoms with E-state index in [2.05, 4.69) is 26.3 Å². The summed E-state index contributed by atoms with van der Waals surface area (Å²) in [6.07, 6.45) is 2.66. The lowest BCUT2D eigenvalue weighted by molar-refractivity contribution is -0.711. The Balaban J connectivity index is 1.57. The van der Waals surface area contributed by atoms with Gasteiger partial charge in [-0.3, -0.25) is 4.79 Å². The highest BCUT2D eigenvalue weighted by molar-refractivity contribution is 6.01. The van der Waals surface area contributed by atoms with Crippen LogP contribution in [0.2, 0.25) is 0 Å². The Labute approximate surface area is 174 Å². The van der Waals surface area contributed by atoms with Gasteiger partial charge in [-0.05, 0) is 45.2 Å². The average Bonchev–Trinajstić information content (AvgIpc) is 3.36. The van der Waals surface area contributed by atoms with Crippen molar-refractivity contribution in [2.24, 2.45) is 0 Å². The molecule has 30 heavy (non-hydrogen) atoms. The minimum Gasteiger partial charge on any atom is -0.338 e. The summed E-state index contributed by atoms with van der Waals surface area (Å²) in [4.78, 5) is 36.1. The number of fused-ring (bicyclic) bond motifs is 1. The number of imidazole rings is 1. The number of carbonyl (C=O) groups is 2. The van der Waals surface area contributed by atoms with Gasteiger partial charge in [0.05, 0.1) is 23.3 Å². The van der Waals surface area contributed by atoms with E-state index in [0.29, 0.717) is 6.42 Å². The molecule has 5 rings (SSSR count). The van der Waals surface area contributed by atoms with Crippen molar-refractivity contribution in [2.45, 2.75) is 44.4 Å². The van der Waals surface area contributed by atoms with Crippen molar-refractivity contribution in [3.8, 4) is 0 Å². The molecule has 0 radical (unpaired) electrons. The molecule has 4 atom stereocenters. The molecular formula is C22H25N6O2+. The van der Waals surface area contributed by atoms with Gasteiger partial charge in [-0.25, -0.2) is 14.3 Å². The molecule has 0 saturated heterocycles. The number of benzene rings is 1. The van der Waals surface area contributed by atoms with Crippen molar-refractivity contribution in [3.05, 3.63) is 54.0 Å². The van der Waals surface area contributed by atoms with Gasteiger partial charge in [0.25, 0.3) is 5.82 Å². The van der Waals surface area contributed by atoms with Gasteiger partial charge in [-0.2, -0.15) is 4.90 Å². The number of anilines is 1. The van der Waals surface area contributed by atoms with E-state index in [0.717, 1.165) is 28.2 Å². The number of H-pyrrole nitrogens is 1. The van der Waals surface area contributed by atoms with E-state index in [1.165, 1.54) is 0 Å². The van der Waals surface area contributed by atoms with Gasteiger partial charge in [0, 0.05) is 12.0 Å². The van der Waals surface area contributed by atoms with Crippen molar-refractivity contribution in [1.82, 2.24) is 20.6 Å². The number of hydrogen-bond donors (Lipinski definition) is 3. The Morgan fingerprint density at radius 2 is 2.10 bits per heavy atom. The smallest absolute Gasteiger partial charge is 0.337 e. The van der Waals surface area contributed by atoms with Gasteiger partial charge in [-0.1, -0.05) is 12.1 Å². The number of aromatic amines is 1. The zero-order chi connectivity index (χ0) is 21.0. The third-order valence-electron chi connectivity index (χ3n) is 6.30. The molecule has 2 amide bonds. The van der Waals surface area contributed by atoms with E-state index in [9.17, 15) is 9.59 Å². The molecule has 8 nitrogen and oxygen atoms in total. The number of rotatable bonds is 4. The van der Waals surface area contributed by atoms with E-state index in [1.54, 1.807) is 14.0 Å². The first-order valence-corrected chi connectivity index (χ1v) is 10.3. The Morgan fingerprint density at radius 3 is 2.87 bits per heavy atom. The summed E-state index contributed by atoms with van der Waals surface area (Å²) in [7, 11) is 1.73. The zero-order valence-corrected chi connectivity index (χ0v) is 17.2. The third kappa shape index (κ3) is 2.71. The number of pyridine rings is 1. The van der Waals surface area contributed by atoms with Crippen LogP contribution in [0.5, 0.6) is 0 Å². The number of carbonyl (C=O) groups excluding carboxylic acids is 2. The predicted molar refractivity (Wildman–Crippen MR) is 112 cm³/mol. The molecule has 0 saturated carbocycles. The first-order valence-electron chi connectivity index (χ1n) is 10.3. The van der Waals surface area contributed by atoms with Crippen LogP contribution in [0.25, 0.3) is 11.0 Å². The van der Waals surface area contributed by atoms with Crippen LogP contribution >= 0.6 is 0 Å². The molecule has 8 heteroatoms. The summed E-state index contributed by atoms with van der Waals surface area (Å²) in [6.45, 7) is 3.75. The molecule has 0 bridgehead atoms. The Hall–Kier alpha value is -3.26. The van der Waals surface area contributed by atoms with E-state index in [-0.39, 0.29) is 29.9 Å². The molecule has 2 aliphatic heterocycles. The second-order valence-electron chi connectivity index (χ2n) is 8.07. The fourth-order valence-electron chi connectivity index (χ4n) is 4.49. The molecule has 3 aromatic rings. The van der Waals surface area contributed by atoms with Crippen LogP contribution in [0.15, 0.2) is 42.6 Å². The number of nitrogens with one attached hydrogen (secondary N) is 3. The Morgan fingerprint density at radius 1 is 1.30 bits per heavy atom. The standard InChI is InChI=1S/C22H24N6O2/c1-12(23-3)20(29)26-18-13(2)27-10-6-7-14-11-17(28(21(14)27)22(18)30)19-24-15-8-4-5-9-16(15)25-19/h4-10,12-13,17-18,23H,11H2,1-3H3,(H-,24,25,26,29)/p+1/t12-,13?,17+,18-/m0/s1. The highest BCUT2D eigenvalue weighted by atomic mass is 16.2. The number of amides is 2. The Kier molecular flexibility index (Phi) is 4.32. The maximum atomic E-state index is 13.6. The lowest BCUT2D eigenvalue weighted by Gasteiger charge is -2.32. The van der Waals surface area contributed by atoms with E-state index in [1.807, 2.05) is 48.4 Å². The van der Waals surface area contributed by atoms with Crippen molar-refractivity contribution >= 4 is 28.7 Å². The second kappa shape index (κ2) is 6.91. The summed E-state index contributed by atoms with van der Waals surface area (Å²) >= 11 is 0. The number of likely N-dealkylation sites (N-methyl/N-ethyl adjacent to an activating group) is 1. The zero-order valence-electron chi connectivity index (χ0n) is 17.2. The van der Waals surface area contributed by atoms with E-state index < -0.39 is 6.04 Å². The molecule has 1 unspecified atom stereocenters. The molecule has 0 fully saturated rings. The van der Waals surface area contributed by atoms with Crippen molar-refractivity contribution < 1.29 is 14.2 Å². The molecule has 1 aromatic carbocycles. The van der Waals surface area contributed by atoms with Crippen LogP contribution in [-0.4, -0.2) is 40.9 Å². The first-order chi connectivity index (χ1) is 14.5. The minimum atomic E-state index is -0.647. The molecule has 0 spiro atoms. The van der Waals surface area contributed by atoms with E-state index >= 15 is 0 Å². The van der Waals surface area contributed by atoms with Crippen LogP contribution in [0.4, 0.5) is 5.82 Å². The molecular weight excluding hydrogens is 380 g/mol. The van der Waals surface area contributed by atoms with Crippen LogP contribution in [0.3, 0.4) is 0 Å². The fourth-order valence-corrected chi connectivity index (χ4v) is 4.49. The van der Waals surface area contributed by atoms with Crippen LogP contribution in [-0.2, 0) is 16.0 Å². The normalized spacial score (nSPS) is 23.5. The number of hydrogen-bond acceptors (Lipinski definition) is 4. The van der Waals surface area contributed by atoms with Crippen molar-refractivity contribution in [1.29, 1.82) is 0 Å². The number of nitrogens with zero attached hydrogens (tertiary/aromatic N) is 3. The SMILES string of the molecule is CN[C@@H](C)C(=O)N[C@@H]1C(=O)N2c3c(ccc[n+]3C1C)C[C@@H]2c1nc2ccccc2[nH]1. The van der Waals surface area contributed by atoms with Crippen LogP contribution < -0.4 is 20.1 Å². The monoisotopic (exact) mass is 405 g/mol.